The van der Waals surface area contributed by atoms with Crippen LogP contribution in [0, 0.1) is 17.2 Å². The number of rotatable bonds is 4. The summed E-state index contributed by atoms with van der Waals surface area (Å²) < 4.78 is 5.14. The molecule has 1 atom stereocenters. The van der Waals surface area contributed by atoms with Crippen molar-refractivity contribution in [2.45, 2.75) is 6.92 Å². The highest BCUT2D eigenvalue weighted by molar-refractivity contribution is 6.01. The molecule has 0 aliphatic carbocycles. The Kier molecular flexibility index (Phi) is 4.55. The molecule has 96 valence electrons. The van der Waals surface area contributed by atoms with Crippen LogP contribution in [0.5, 0.6) is 5.75 Å². The third kappa shape index (κ3) is 2.92. The van der Waals surface area contributed by atoms with Crippen LogP contribution >= 0.6 is 0 Å². The van der Waals surface area contributed by atoms with Crippen LogP contribution in [0.25, 0.3) is 0 Å². The molecule has 1 aromatic carbocycles. The standard InChI is InChI=1S/C13H17N3O2/c1-9(7-14)8-16(2)13(17)12-10(15)5-4-6-11(12)18-3/h4-6,9H,8,15H2,1-3H3. The summed E-state index contributed by atoms with van der Waals surface area (Å²) in [4.78, 5) is 13.7. The van der Waals surface area contributed by atoms with E-state index in [1.54, 1.807) is 32.2 Å². The highest BCUT2D eigenvalue weighted by atomic mass is 16.5. The Labute approximate surface area is 107 Å². The molecule has 1 rings (SSSR count). The van der Waals surface area contributed by atoms with Crippen molar-refractivity contribution in [3.8, 4) is 11.8 Å². The topological polar surface area (TPSA) is 79.3 Å². The van der Waals surface area contributed by atoms with Gasteiger partial charge in [-0.05, 0) is 19.1 Å². The molecule has 0 spiro atoms. The third-order valence-corrected chi connectivity index (χ3v) is 2.61. The number of nitrogens with two attached hydrogens (primary N) is 1. The van der Waals surface area contributed by atoms with E-state index in [1.807, 2.05) is 0 Å². The largest absolute Gasteiger partial charge is 0.496 e. The zero-order valence-corrected chi connectivity index (χ0v) is 10.8. The maximum absolute atomic E-state index is 12.3. The number of carbonyl (C=O) groups is 1. The maximum Gasteiger partial charge on any atom is 0.259 e. The number of nitrogen functional groups attached to an aromatic ring is 1. The molecule has 0 bridgehead atoms. The number of ether oxygens (including phenoxy) is 1. The molecule has 1 unspecified atom stereocenters. The van der Waals surface area contributed by atoms with Crippen molar-refractivity contribution >= 4 is 11.6 Å². The first kappa shape index (κ1) is 13.8. The Bertz CT molecular complexity index is 480. The van der Waals surface area contributed by atoms with Gasteiger partial charge < -0.3 is 15.4 Å². The van der Waals surface area contributed by atoms with E-state index in [0.717, 1.165) is 0 Å². The lowest BCUT2D eigenvalue weighted by atomic mass is 10.1. The van der Waals surface area contributed by atoms with Crippen LogP contribution in [-0.4, -0.2) is 31.5 Å². The van der Waals surface area contributed by atoms with E-state index in [0.29, 0.717) is 23.5 Å². The number of benzene rings is 1. The number of nitriles is 1. The van der Waals surface area contributed by atoms with Gasteiger partial charge in [0, 0.05) is 19.3 Å². The highest BCUT2D eigenvalue weighted by Gasteiger charge is 2.20. The smallest absolute Gasteiger partial charge is 0.259 e. The van der Waals surface area contributed by atoms with Crippen molar-refractivity contribution in [2.75, 3.05) is 26.4 Å². The number of methoxy groups -OCH3 is 1. The predicted molar refractivity (Wildman–Crippen MR) is 69.1 cm³/mol. The quantitative estimate of drug-likeness (QED) is 0.818. The summed E-state index contributed by atoms with van der Waals surface area (Å²) in [5.41, 5.74) is 6.52. The minimum absolute atomic E-state index is 0.227. The molecular weight excluding hydrogens is 230 g/mol. The van der Waals surface area contributed by atoms with Gasteiger partial charge in [0.05, 0.1) is 19.1 Å². The summed E-state index contributed by atoms with van der Waals surface area (Å²) in [5.74, 6) is -0.0293. The highest BCUT2D eigenvalue weighted by Crippen LogP contribution is 2.25. The first-order valence-electron chi connectivity index (χ1n) is 5.58. The summed E-state index contributed by atoms with van der Waals surface area (Å²) in [7, 11) is 3.13. The molecule has 0 saturated heterocycles. The summed E-state index contributed by atoms with van der Waals surface area (Å²) in [6, 6.07) is 7.15. The fraction of sp³-hybridized carbons (Fsp3) is 0.385. The second-order valence-electron chi connectivity index (χ2n) is 4.14. The maximum atomic E-state index is 12.3. The molecule has 1 aromatic rings. The molecule has 0 radical (unpaired) electrons. The summed E-state index contributed by atoms with van der Waals surface area (Å²) in [6.45, 7) is 2.11. The lowest BCUT2D eigenvalue weighted by molar-refractivity contribution is 0.0783. The van der Waals surface area contributed by atoms with Crippen molar-refractivity contribution in [1.29, 1.82) is 5.26 Å². The van der Waals surface area contributed by atoms with Gasteiger partial charge in [0.15, 0.2) is 0 Å². The van der Waals surface area contributed by atoms with Gasteiger partial charge in [0.2, 0.25) is 0 Å². The van der Waals surface area contributed by atoms with Crippen LogP contribution in [0.15, 0.2) is 18.2 Å². The van der Waals surface area contributed by atoms with Gasteiger partial charge in [-0.25, -0.2) is 0 Å². The van der Waals surface area contributed by atoms with Crippen molar-refractivity contribution in [2.24, 2.45) is 5.92 Å². The molecule has 0 aromatic heterocycles. The van der Waals surface area contributed by atoms with Gasteiger partial charge in [-0.2, -0.15) is 5.26 Å². The minimum Gasteiger partial charge on any atom is -0.496 e. The van der Waals surface area contributed by atoms with Crippen molar-refractivity contribution in [1.82, 2.24) is 4.90 Å². The summed E-state index contributed by atoms with van der Waals surface area (Å²) in [6.07, 6.45) is 0. The van der Waals surface area contributed by atoms with E-state index in [1.165, 1.54) is 12.0 Å². The molecule has 0 fully saturated rings. The molecule has 2 N–H and O–H groups in total. The lowest BCUT2D eigenvalue weighted by Gasteiger charge is -2.20. The Morgan fingerprint density at radius 3 is 2.83 bits per heavy atom. The number of carbonyl (C=O) groups excluding carboxylic acids is 1. The van der Waals surface area contributed by atoms with E-state index >= 15 is 0 Å². The fourth-order valence-electron chi connectivity index (χ4n) is 1.67. The van der Waals surface area contributed by atoms with E-state index in [-0.39, 0.29) is 11.8 Å². The van der Waals surface area contributed by atoms with Gasteiger partial charge in [0.1, 0.15) is 11.3 Å². The van der Waals surface area contributed by atoms with Gasteiger partial charge in [-0.1, -0.05) is 6.07 Å². The number of nitrogens with zero attached hydrogens (tertiary/aromatic N) is 2. The van der Waals surface area contributed by atoms with Crippen molar-refractivity contribution in [3.63, 3.8) is 0 Å². The molecule has 5 heteroatoms. The second kappa shape index (κ2) is 5.92. The molecule has 18 heavy (non-hydrogen) atoms. The fourth-order valence-corrected chi connectivity index (χ4v) is 1.67. The van der Waals surface area contributed by atoms with Crippen LogP contribution in [0.4, 0.5) is 5.69 Å². The third-order valence-electron chi connectivity index (χ3n) is 2.61. The van der Waals surface area contributed by atoms with Crippen LogP contribution in [-0.2, 0) is 0 Å². The number of anilines is 1. The van der Waals surface area contributed by atoms with Gasteiger partial charge in [-0.3, -0.25) is 4.79 Å². The summed E-state index contributed by atoms with van der Waals surface area (Å²) >= 11 is 0. The monoisotopic (exact) mass is 247 g/mol. The van der Waals surface area contributed by atoms with E-state index < -0.39 is 0 Å². The Balaban J connectivity index is 3.00. The van der Waals surface area contributed by atoms with Gasteiger partial charge >= 0.3 is 0 Å². The van der Waals surface area contributed by atoms with Crippen LogP contribution in [0.2, 0.25) is 0 Å². The molecular formula is C13H17N3O2. The second-order valence-corrected chi connectivity index (χ2v) is 4.14. The Morgan fingerprint density at radius 1 is 1.61 bits per heavy atom. The van der Waals surface area contributed by atoms with E-state index in [4.69, 9.17) is 15.7 Å². The van der Waals surface area contributed by atoms with Crippen molar-refractivity contribution < 1.29 is 9.53 Å². The first-order chi connectivity index (χ1) is 8.51. The minimum atomic E-state index is -0.243. The lowest BCUT2D eigenvalue weighted by Crippen LogP contribution is -2.31. The number of amides is 1. The number of hydrogen-bond acceptors (Lipinski definition) is 4. The zero-order valence-electron chi connectivity index (χ0n) is 10.8. The average molecular weight is 247 g/mol. The predicted octanol–water partition coefficient (Wildman–Crippen LogP) is 1.51. The van der Waals surface area contributed by atoms with Crippen LogP contribution < -0.4 is 10.5 Å². The van der Waals surface area contributed by atoms with Crippen LogP contribution in [0.1, 0.15) is 17.3 Å². The van der Waals surface area contributed by atoms with E-state index in [2.05, 4.69) is 6.07 Å². The number of hydrogen-bond donors (Lipinski definition) is 1. The SMILES string of the molecule is COc1cccc(N)c1C(=O)N(C)CC(C)C#N. The van der Waals surface area contributed by atoms with Crippen LogP contribution in [0.3, 0.4) is 0 Å². The molecule has 0 aliphatic rings. The first-order valence-corrected chi connectivity index (χ1v) is 5.58. The normalized spacial score (nSPS) is 11.4. The molecule has 0 aliphatic heterocycles. The Morgan fingerprint density at radius 2 is 2.28 bits per heavy atom. The zero-order chi connectivity index (χ0) is 13.7. The molecule has 1 amide bonds. The molecule has 5 nitrogen and oxygen atoms in total. The molecule has 0 heterocycles. The van der Waals surface area contributed by atoms with Crippen molar-refractivity contribution in [3.05, 3.63) is 23.8 Å². The Hall–Kier alpha value is -2.22. The van der Waals surface area contributed by atoms with Gasteiger partial charge in [0.25, 0.3) is 5.91 Å². The molecule has 0 saturated carbocycles. The summed E-state index contributed by atoms with van der Waals surface area (Å²) in [5, 5.41) is 8.75. The van der Waals surface area contributed by atoms with E-state index in [9.17, 15) is 4.79 Å². The average Bonchev–Trinajstić information content (AvgIpc) is 2.37. The van der Waals surface area contributed by atoms with Gasteiger partial charge in [-0.15, -0.1) is 0 Å².